The van der Waals surface area contributed by atoms with Gasteiger partial charge in [-0.25, -0.2) is 0 Å². The molecule has 0 aliphatic rings. The van der Waals surface area contributed by atoms with Gasteiger partial charge in [0.2, 0.25) is 0 Å². The summed E-state index contributed by atoms with van der Waals surface area (Å²) in [4.78, 5) is 12.1. The van der Waals surface area contributed by atoms with E-state index in [0.717, 1.165) is 18.2 Å². The molecule has 2 rings (SSSR count). The Bertz CT molecular complexity index is 686. The number of carbonyl (C=O) groups is 1. The first-order chi connectivity index (χ1) is 9.79. The SMILES string of the molecule is Nc1cc(C(F)(F)F)ccc1NC(=O)c1ccccc1Br. The van der Waals surface area contributed by atoms with E-state index in [-0.39, 0.29) is 11.4 Å². The highest BCUT2D eigenvalue weighted by Crippen LogP contribution is 2.33. The fourth-order valence-corrected chi connectivity index (χ4v) is 2.15. The van der Waals surface area contributed by atoms with Crippen LogP contribution in [0.4, 0.5) is 24.5 Å². The number of benzene rings is 2. The lowest BCUT2D eigenvalue weighted by Gasteiger charge is -2.12. The highest BCUT2D eigenvalue weighted by Gasteiger charge is 2.30. The maximum Gasteiger partial charge on any atom is 0.416 e. The van der Waals surface area contributed by atoms with E-state index in [1.807, 2.05) is 0 Å². The molecule has 21 heavy (non-hydrogen) atoms. The van der Waals surface area contributed by atoms with Gasteiger partial charge in [0.05, 0.1) is 22.5 Å². The van der Waals surface area contributed by atoms with Gasteiger partial charge in [-0.2, -0.15) is 13.2 Å². The Labute approximate surface area is 127 Å². The summed E-state index contributed by atoms with van der Waals surface area (Å²) < 4.78 is 38.2. The second-order valence-electron chi connectivity index (χ2n) is 4.23. The Kier molecular flexibility index (Phi) is 4.22. The third kappa shape index (κ3) is 3.55. The lowest BCUT2D eigenvalue weighted by atomic mass is 10.1. The minimum Gasteiger partial charge on any atom is -0.397 e. The van der Waals surface area contributed by atoms with Crippen LogP contribution in [0.2, 0.25) is 0 Å². The number of nitrogen functional groups attached to an aromatic ring is 1. The number of amides is 1. The van der Waals surface area contributed by atoms with Crippen molar-refractivity contribution in [1.82, 2.24) is 0 Å². The summed E-state index contributed by atoms with van der Waals surface area (Å²) in [5.74, 6) is -0.464. The summed E-state index contributed by atoms with van der Waals surface area (Å²) in [6.45, 7) is 0. The molecular formula is C14H10BrF3N2O. The van der Waals surface area contributed by atoms with Crippen LogP contribution in [0.5, 0.6) is 0 Å². The first-order valence-corrected chi connectivity index (χ1v) is 6.61. The quantitative estimate of drug-likeness (QED) is 0.786. The summed E-state index contributed by atoms with van der Waals surface area (Å²) in [6.07, 6.45) is -4.47. The highest BCUT2D eigenvalue weighted by molar-refractivity contribution is 9.10. The van der Waals surface area contributed by atoms with Crippen LogP contribution in [-0.4, -0.2) is 5.91 Å². The molecule has 0 fully saturated rings. The summed E-state index contributed by atoms with van der Waals surface area (Å²) >= 11 is 3.23. The Morgan fingerprint density at radius 3 is 2.38 bits per heavy atom. The zero-order valence-electron chi connectivity index (χ0n) is 10.5. The van der Waals surface area contributed by atoms with Gasteiger partial charge in [0, 0.05) is 4.47 Å². The van der Waals surface area contributed by atoms with E-state index in [2.05, 4.69) is 21.2 Å². The minimum atomic E-state index is -4.47. The van der Waals surface area contributed by atoms with Crippen molar-refractivity contribution >= 4 is 33.2 Å². The number of carbonyl (C=O) groups excluding carboxylic acids is 1. The van der Waals surface area contributed by atoms with Gasteiger partial charge in [-0.3, -0.25) is 4.79 Å². The van der Waals surface area contributed by atoms with E-state index in [1.54, 1.807) is 24.3 Å². The molecule has 3 nitrogen and oxygen atoms in total. The molecule has 2 aromatic carbocycles. The Balaban J connectivity index is 2.25. The second kappa shape index (κ2) is 5.77. The zero-order valence-corrected chi connectivity index (χ0v) is 12.1. The number of hydrogen-bond acceptors (Lipinski definition) is 2. The van der Waals surface area contributed by atoms with Crippen molar-refractivity contribution in [2.45, 2.75) is 6.18 Å². The number of anilines is 2. The lowest BCUT2D eigenvalue weighted by molar-refractivity contribution is -0.137. The van der Waals surface area contributed by atoms with Crippen molar-refractivity contribution in [2.75, 3.05) is 11.1 Å². The molecule has 0 aliphatic carbocycles. The van der Waals surface area contributed by atoms with Crippen molar-refractivity contribution in [1.29, 1.82) is 0 Å². The number of nitrogens with two attached hydrogens (primary N) is 1. The third-order valence-corrected chi connectivity index (χ3v) is 3.44. The third-order valence-electron chi connectivity index (χ3n) is 2.75. The van der Waals surface area contributed by atoms with Gasteiger partial charge in [-0.05, 0) is 46.3 Å². The van der Waals surface area contributed by atoms with Crippen LogP contribution >= 0.6 is 15.9 Å². The molecule has 0 spiro atoms. The fraction of sp³-hybridized carbons (Fsp3) is 0.0714. The number of halogens is 4. The second-order valence-corrected chi connectivity index (χ2v) is 5.09. The number of hydrogen-bond donors (Lipinski definition) is 2. The fourth-order valence-electron chi connectivity index (χ4n) is 1.69. The molecule has 0 unspecified atom stereocenters. The summed E-state index contributed by atoms with van der Waals surface area (Å²) in [5, 5.41) is 2.48. The zero-order chi connectivity index (χ0) is 15.6. The first-order valence-electron chi connectivity index (χ1n) is 5.81. The van der Waals surface area contributed by atoms with E-state index in [4.69, 9.17) is 5.73 Å². The minimum absolute atomic E-state index is 0.128. The molecule has 110 valence electrons. The summed E-state index contributed by atoms with van der Waals surface area (Å²) in [6, 6.07) is 9.47. The molecule has 0 bridgehead atoms. The van der Waals surface area contributed by atoms with E-state index < -0.39 is 17.6 Å². The molecule has 2 aromatic rings. The Morgan fingerprint density at radius 1 is 1.14 bits per heavy atom. The van der Waals surface area contributed by atoms with E-state index in [9.17, 15) is 18.0 Å². The maximum atomic E-state index is 12.5. The topological polar surface area (TPSA) is 55.1 Å². The molecule has 0 heterocycles. The van der Waals surface area contributed by atoms with Crippen LogP contribution in [0.1, 0.15) is 15.9 Å². The largest absolute Gasteiger partial charge is 0.416 e. The van der Waals surface area contributed by atoms with Crippen LogP contribution in [0, 0.1) is 0 Å². The standard InChI is InChI=1S/C14H10BrF3N2O/c15-10-4-2-1-3-9(10)13(21)20-12-6-5-8(7-11(12)19)14(16,17)18/h1-7H,19H2,(H,20,21). The summed E-state index contributed by atoms with van der Waals surface area (Å²) in [5.41, 5.74) is 5.03. The predicted molar refractivity (Wildman–Crippen MR) is 78.0 cm³/mol. The Hall–Kier alpha value is -2.02. The van der Waals surface area contributed by atoms with Gasteiger partial charge < -0.3 is 11.1 Å². The smallest absolute Gasteiger partial charge is 0.397 e. The number of nitrogens with one attached hydrogen (secondary N) is 1. The average Bonchev–Trinajstić information content (AvgIpc) is 2.40. The average molecular weight is 359 g/mol. The molecule has 0 aliphatic heterocycles. The van der Waals surface area contributed by atoms with Gasteiger partial charge in [0.25, 0.3) is 5.91 Å². The monoisotopic (exact) mass is 358 g/mol. The Morgan fingerprint density at radius 2 is 1.81 bits per heavy atom. The first kappa shape index (κ1) is 15.4. The summed E-state index contributed by atoms with van der Waals surface area (Å²) in [7, 11) is 0. The van der Waals surface area contributed by atoms with Crippen molar-refractivity contribution in [3.8, 4) is 0 Å². The molecule has 0 atom stereocenters. The predicted octanol–water partition coefficient (Wildman–Crippen LogP) is 4.30. The normalized spacial score (nSPS) is 11.2. The molecule has 0 radical (unpaired) electrons. The molecule has 0 saturated carbocycles. The molecule has 0 aromatic heterocycles. The molecular weight excluding hydrogens is 349 g/mol. The van der Waals surface area contributed by atoms with Crippen LogP contribution < -0.4 is 11.1 Å². The van der Waals surface area contributed by atoms with Crippen LogP contribution in [0.25, 0.3) is 0 Å². The van der Waals surface area contributed by atoms with Gasteiger partial charge in [0.15, 0.2) is 0 Å². The van der Waals surface area contributed by atoms with Gasteiger partial charge in [0.1, 0.15) is 0 Å². The van der Waals surface area contributed by atoms with Crippen molar-refractivity contribution < 1.29 is 18.0 Å². The van der Waals surface area contributed by atoms with Crippen LogP contribution in [0.3, 0.4) is 0 Å². The van der Waals surface area contributed by atoms with E-state index in [0.29, 0.717) is 10.0 Å². The number of alkyl halides is 3. The lowest BCUT2D eigenvalue weighted by Crippen LogP contribution is -2.14. The van der Waals surface area contributed by atoms with E-state index in [1.165, 1.54) is 0 Å². The van der Waals surface area contributed by atoms with Gasteiger partial charge >= 0.3 is 6.18 Å². The van der Waals surface area contributed by atoms with Crippen molar-refractivity contribution in [3.05, 3.63) is 58.1 Å². The van der Waals surface area contributed by atoms with Crippen LogP contribution in [0.15, 0.2) is 46.9 Å². The number of rotatable bonds is 2. The highest BCUT2D eigenvalue weighted by atomic mass is 79.9. The molecule has 3 N–H and O–H groups in total. The van der Waals surface area contributed by atoms with Gasteiger partial charge in [-0.15, -0.1) is 0 Å². The van der Waals surface area contributed by atoms with Crippen molar-refractivity contribution in [2.24, 2.45) is 0 Å². The maximum absolute atomic E-state index is 12.5. The molecule has 0 saturated heterocycles. The van der Waals surface area contributed by atoms with Crippen LogP contribution in [-0.2, 0) is 6.18 Å². The molecule has 7 heteroatoms. The molecule has 1 amide bonds. The van der Waals surface area contributed by atoms with E-state index >= 15 is 0 Å². The van der Waals surface area contributed by atoms with Crippen molar-refractivity contribution in [3.63, 3.8) is 0 Å². The van der Waals surface area contributed by atoms with Gasteiger partial charge in [-0.1, -0.05) is 12.1 Å².